The molecule has 2 aliphatic rings. The third kappa shape index (κ3) is 3.07. The molecule has 0 aliphatic heterocycles. The van der Waals surface area contributed by atoms with Crippen molar-refractivity contribution in [2.45, 2.75) is 40.5 Å². The average Bonchev–Trinajstić information content (AvgIpc) is 2.38. The Morgan fingerprint density at radius 1 is 1.21 bits per heavy atom. The number of hydrogen-bond acceptors (Lipinski definition) is 1. The van der Waals surface area contributed by atoms with Crippen molar-refractivity contribution in [1.29, 1.82) is 5.26 Å². The molecular weight excluding hydrogens is 230 g/mol. The number of rotatable bonds is 1. The van der Waals surface area contributed by atoms with Crippen LogP contribution in [0.2, 0.25) is 0 Å². The zero-order valence-electron chi connectivity index (χ0n) is 12.4. The Hall–Kier alpha value is -1.55. The summed E-state index contributed by atoms with van der Waals surface area (Å²) in [5, 5.41) is 8.87. The molecule has 0 fully saturated rings. The van der Waals surface area contributed by atoms with Gasteiger partial charge in [0.25, 0.3) is 0 Å². The number of allylic oxidation sites excluding steroid dienone is 8. The van der Waals surface area contributed by atoms with Gasteiger partial charge in [0.15, 0.2) is 0 Å². The fourth-order valence-electron chi connectivity index (χ4n) is 2.86. The molecule has 0 aromatic heterocycles. The van der Waals surface area contributed by atoms with Crippen molar-refractivity contribution in [3.63, 3.8) is 0 Å². The predicted octanol–water partition coefficient (Wildman–Crippen LogP) is 4.95. The molecule has 0 saturated heterocycles. The van der Waals surface area contributed by atoms with Crippen molar-refractivity contribution in [3.05, 3.63) is 47.1 Å². The Morgan fingerprint density at radius 2 is 1.95 bits per heavy atom. The van der Waals surface area contributed by atoms with Gasteiger partial charge in [0.2, 0.25) is 0 Å². The van der Waals surface area contributed by atoms with Gasteiger partial charge in [0.05, 0.1) is 6.07 Å². The van der Waals surface area contributed by atoms with Gasteiger partial charge in [-0.3, -0.25) is 0 Å². The van der Waals surface area contributed by atoms with Crippen molar-refractivity contribution < 1.29 is 0 Å². The lowest BCUT2D eigenvalue weighted by molar-refractivity contribution is 0.291. The summed E-state index contributed by atoms with van der Waals surface area (Å²) >= 11 is 0. The average molecular weight is 253 g/mol. The van der Waals surface area contributed by atoms with Gasteiger partial charge in [-0.25, -0.2) is 0 Å². The van der Waals surface area contributed by atoms with Crippen molar-refractivity contribution in [2.24, 2.45) is 17.3 Å². The number of hydrogen-bond donors (Lipinski definition) is 0. The smallest absolute Gasteiger partial charge is 0.0988 e. The first-order valence-electron chi connectivity index (χ1n) is 7.09. The maximum absolute atomic E-state index is 8.87. The number of nitrogens with zero attached hydrogens (tertiary/aromatic N) is 1. The predicted molar refractivity (Wildman–Crippen MR) is 80.3 cm³/mol. The number of nitriles is 1. The van der Waals surface area contributed by atoms with Crippen LogP contribution in [0, 0.1) is 28.6 Å². The van der Waals surface area contributed by atoms with E-state index in [1.165, 1.54) is 11.1 Å². The lowest BCUT2D eigenvalue weighted by Crippen LogP contribution is -2.21. The van der Waals surface area contributed by atoms with E-state index in [9.17, 15) is 0 Å². The normalized spacial score (nSPS) is 27.2. The largest absolute Gasteiger partial charge is 0.192 e. The zero-order valence-corrected chi connectivity index (χ0v) is 12.4. The molecule has 0 spiro atoms. The minimum absolute atomic E-state index is 0.333. The molecule has 1 nitrogen and oxygen atoms in total. The summed E-state index contributed by atoms with van der Waals surface area (Å²) in [6, 6.07) is 2.21. The standard InChI is InChI=1S/C18H23N/c1-13-11-16(18(2,3)4)9-10-17(13)15-7-5-14(12-19)6-8-15/h5-7,10-11,15-16H,8-9H2,1-4H3. The molecule has 0 aromatic carbocycles. The quantitative estimate of drug-likeness (QED) is 0.648. The second kappa shape index (κ2) is 5.21. The Morgan fingerprint density at radius 3 is 2.42 bits per heavy atom. The summed E-state index contributed by atoms with van der Waals surface area (Å²) < 4.78 is 0. The summed E-state index contributed by atoms with van der Waals surface area (Å²) in [6.07, 6.45) is 13.1. The van der Waals surface area contributed by atoms with E-state index in [1.54, 1.807) is 0 Å². The van der Waals surface area contributed by atoms with Crippen LogP contribution in [0.5, 0.6) is 0 Å². The van der Waals surface area contributed by atoms with E-state index in [0.717, 1.165) is 18.4 Å². The molecule has 2 rings (SSSR count). The summed E-state index contributed by atoms with van der Waals surface area (Å²) in [4.78, 5) is 0. The van der Waals surface area contributed by atoms with E-state index in [0.29, 0.717) is 17.3 Å². The van der Waals surface area contributed by atoms with E-state index >= 15 is 0 Å². The van der Waals surface area contributed by atoms with Crippen molar-refractivity contribution in [2.75, 3.05) is 0 Å². The van der Waals surface area contributed by atoms with Crippen LogP contribution in [0.4, 0.5) is 0 Å². The van der Waals surface area contributed by atoms with Crippen LogP contribution < -0.4 is 0 Å². The molecule has 0 heterocycles. The molecule has 100 valence electrons. The fourth-order valence-corrected chi connectivity index (χ4v) is 2.86. The van der Waals surface area contributed by atoms with Gasteiger partial charge >= 0.3 is 0 Å². The molecule has 0 amide bonds. The second-order valence-corrected chi connectivity index (χ2v) is 6.69. The third-order valence-corrected chi connectivity index (χ3v) is 4.24. The Bertz CT molecular complexity index is 515. The monoisotopic (exact) mass is 253 g/mol. The van der Waals surface area contributed by atoms with E-state index in [1.807, 2.05) is 6.08 Å². The molecule has 2 atom stereocenters. The zero-order chi connectivity index (χ0) is 14.0. The summed E-state index contributed by atoms with van der Waals surface area (Å²) in [6.45, 7) is 9.15. The van der Waals surface area contributed by atoms with Crippen molar-refractivity contribution in [3.8, 4) is 6.07 Å². The highest BCUT2D eigenvalue weighted by molar-refractivity contribution is 5.43. The minimum atomic E-state index is 0.333. The van der Waals surface area contributed by atoms with E-state index in [2.05, 4.69) is 58.1 Å². The maximum atomic E-state index is 8.87. The lowest BCUT2D eigenvalue weighted by atomic mass is 9.72. The molecule has 0 radical (unpaired) electrons. The van der Waals surface area contributed by atoms with Gasteiger partial charge in [-0.05, 0) is 42.7 Å². The molecule has 2 aliphatic carbocycles. The van der Waals surface area contributed by atoms with Gasteiger partial charge < -0.3 is 0 Å². The Balaban J connectivity index is 2.12. The SMILES string of the molecule is CC1=CC(C(C)(C)C)CC=C1C1C=CC(C#N)=CC1. The van der Waals surface area contributed by atoms with Crippen LogP contribution in [0.1, 0.15) is 40.5 Å². The van der Waals surface area contributed by atoms with E-state index in [-0.39, 0.29) is 0 Å². The third-order valence-electron chi connectivity index (χ3n) is 4.24. The Kier molecular flexibility index (Phi) is 3.80. The second-order valence-electron chi connectivity index (χ2n) is 6.69. The lowest BCUT2D eigenvalue weighted by Gasteiger charge is -2.32. The van der Waals surface area contributed by atoms with Crippen LogP contribution >= 0.6 is 0 Å². The maximum Gasteiger partial charge on any atom is 0.0988 e. The molecule has 0 N–H and O–H groups in total. The van der Waals surface area contributed by atoms with E-state index in [4.69, 9.17) is 5.26 Å². The molecule has 19 heavy (non-hydrogen) atoms. The minimum Gasteiger partial charge on any atom is -0.192 e. The van der Waals surface area contributed by atoms with Gasteiger partial charge in [-0.15, -0.1) is 0 Å². The van der Waals surface area contributed by atoms with Crippen molar-refractivity contribution in [1.82, 2.24) is 0 Å². The molecule has 0 bridgehead atoms. The molecule has 2 unspecified atom stereocenters. The van der Waals surface area contributed by atoms with Gasteiger partial charge in [-0.2, -0.15) is 5.26 Å². The highest BCUT2D eigenvalue weighted by Gasteiger charge is 2.26. The van der Waals surface area contributed by atoms with Crippen LogP contribution in [-0.4, -0.2) is 0 Å². The first kappa shape index (κ1) is 13.9. The Labute approximate surface area is 117 Å². The fraction of sp³-hybridized carbons (Fsp3) is 0.500. The van der Waals surface area contributed by atoms with Crippen LogP contribution in [0.15, 0.2) is 47.1 Å². The summed E-state index contributed by atoms with van der Waals surface area (Å²) in [7, 11) is 0. The van der Waals surface area contributed by atoms with Crippen molar-refractivity contribution >= 4 is 0 Å². The topological polar surface area (TPSA) is 23.8 Å². The first-order valence-corrected chi connectivity index (χ1v) is 7.09. The van der Waals surface area contributed by atoms with Crippen LogP contribution in [0.3, 0.4) is 0 Å². The van der Waals surface area contributed by atoms with Crippen LogP contribution in [-0.2, 0) is 0 Å². The van der Waals surface area contributed by atoms with Gasteiger partial charge in [0.1, 0.15) is 0 Å². The summed E-state index contributed by atoms with van der Waals surface area (Å²) in [5.74, 6) is 1.09. The highest BCUT2D eigenvalue weighted by Crippen LogP contribution is 2.39. The highest BCUT2D eigenvalue weighted by atomic mass is 14.3. The molecular formula is C18H23N. The first-order chi connectivity index (χ1) is 8.91. The summed E-state index contributed by atoms with van der Waals surface area (Å²) in [5.41, 5.74) is 3.99. The van der Waals surface area contributed by atoms with Gasteiger partial charge in [-0.1, -0.05) is 50.6 Å². The van der Waals surface area contributed by atoms with Crippen LogP contribution in [0.25, 0.3) is 0 Å². The molecule has 0 saturated carbocycles. The van der Waals surface area contributed by atoms with E-state index < -0.39 is 0 Å². The molecule has 0 aromatic rings. The van der Waals surface area contributed by atoms with Gasteiger partial charge in [0, 0.05) is 11.5 Å². The molecule has 1 heteroatoms.